The predicted octanol–water partition coefficient (Wildman–Crippen LogP) is 4.32. The molecular formula is C8H10Br2Cl2. The summed E-state index contributed by atoms with van der Waals surface area (Å²) >= 11 is 6.81. The molecular weight excluding hydrogens is 327 g/mol. The molecule has 0 saturated carbocycles. The molecule has 1 rings (SSSR count). The summed E-state index contributed by atoms with van der Waals surface area (Å²) in [7, 11) is 0. The third kappa shape index (κ3) is 4.70. The Labute approximate surface area is 102 Å². The van der Waals surface area contributed by atoms with Crippen molar-refractivity contribution in [1.29, 1.82) is 0 Å². The summed E-state index contributed by atoms with van der Waals surface area (Å²) in [5, 5.41) is 1.88. The van der Waals surface area contributed by atoms with Crippen LogP contribution >= 0.6 is 56.7 Å². The summed E-state index contributed by atoms with van der Waals surface area (Å²) in [5.74, 6) is 0. The van der Waals surface area contributed by atoms with Crippen LogP contribution < -0.4 is 0 Å². The van der Waals surface area contributed by atoms with E-state index >= 15 is 0 Å². The van der Waals surface area contributed by atoms with Crippen molar-refractivity contribution in [2.45, 2.75) is 10.7 Å². The second kappa shape index (κ2) is 8.36. The van der Waals surface area contributed by atoms with Crippen LogP contribution in [0.3, 0.4) is 0 Å². The van der Waals surface area contributed by atoms with Gasteiger partial charge >= 0.3 is 0 Å². The molecule has 1 aromatic carbocycles. The van der Waals surface area contributed by atoms with Crippen molar-refractivity contribution in [3.63, 3.8) is 0 Å². The second-order valence-electron chi connectivity index (χ2n) is 2.09. The SMILES string of the molecule is BrCc1cccc(CBr)c1.Cl.Cl. The van der Waals surface area contributed by atoms with Crippen LogP contribution in [0.2, 0.25) is 0 Å². The molecule has 0 fully saturated rings. The van der Waals surface area contributed by atoms with Crippen molar-refractivity contribution < 1.29 is 0 Å². The number of benzene rings is 1. The molecule has 70 valence electrons. The normalized spacial score (nSPS) is 8.17. The number of alkyl halides is 2. The molecule has 1 aromatic rings. The van der Waals surface area contributed by atoms with E-state index in [-0.39, 0.29) is 24.8 Å². The smallest absolute Gasteiger partial charge is 0.0283 e. The third-order valence-electron chi connectivity index (χ3n) is 1.30. The molecule has 0 radical (unpaired) electrons. The Morgan fingerprint density at radius 2 is 1.33 bits per heavy atom. The van der Waals surface area contributed by atoms with Crippen LogP contribution in [0.25, 0.3) is 0 Å². The lowest BCUT2D eigenvalue weighted by Gasteiger charge is -1.97. The molecule has 0 aliphatic heterocycles. The number of hydrogen-bond donors (Lipinski definition) is 0. The summed E-state index contributed by atoms with van der Waals surface area (Å²) in [6.07, 6.45) is 0. The molecule has 0 aliphatic carbocycles. The van der Waals surface area contributed by atoms with Crippen LogP contribution in [-0.2, 0) is 10.7 Å². The van der Waals surface area contributed by atoms with Gasteiger partial charge in [-0.25, -0.2) is 0 Å². The maximum Gasteiger partial charge on any atom is 0.0283 e. The Kier molecular flexibility index (Phi) is 10.6. The Morgan fingerprint density at radius 1 is 0.917 bits per heavy atom. The van der Waals surface area contributed by atoms with Gasteiger partial charge in [0.15, 0.2) is 0 Å². The first-order valence-electron chi connectivity index (χ1n) is 3.06. The highest BCUT2D eigenvalue weighted by Gasteiger charge is 1.90. The van der Waals surface area contributed by atoms with Gasteiger partial charge in [0.05, 0.1) is 0 Å². The molecule has 0 aliphatic rings. The number of hydrogen-bond acceptors (Lipinski definition) is 0. The summed E-state index contributed by atoms with van der Waals surface area (Å²) in [5.41, 5.74) is 2.66. The fourth-order valence-corrected chi connectivity index (χ4v) is 1.49. The Bertz CT molecular complexity index is 197. The van der Waals surface area contributed by atoms with Gasteiger partial charge in [0.25, 0.3) is 0 Å². The van der Waals surface area contributed by atoms with E-state index < -0.39 is 0 Å². The quantitative estimate of drug-likeness (QED) is 0.706. The van der Waals surface area contributed by atoms with E-state index in [9.17, 15) is 0 Å². The van der Waals surface area contributed by atoms with Crippen LogP contribution in [0, 0.1) is 0 Å². The van der Waals surface area contributed by atoms with E-state index in [1.807, 2.05) is 0 Å². The van der Waals surface area contributed by atoms with Crippen LogP contribution in [0.15, 0.2) is 24.3 Å². The largest absolute Gasteiger partial charge is 0.147 e. The molecule has 0 heterocycles. The van der Waals surface area contributed by atoms with Gasteiger partial charge in [-0.1, -0.05) is 56.1 Å². The number of halogens is 4. The highest BCUT2D eigenvalue weighted by Crippen LogP contribution is 2.10. The molecule has 0 spiro atoms. The summed E-state index contributed by atoms with van der Waals surface area (Å²) in [4.78, 5) is 0. The van der Waals surface area contributed by atoms with Gasteiger partial charge in [-0.05, 0) is 11.1 Å². The van der Waals surface area contributed by atoms with Crippen molar-refractivity contribution in [2.75, 3.05) is 0 Å². The maximum absolute atomic E-state index is 3.41. The van der Waals surface area contributed by atoms with Gasteiger partial charge in [0.2, 0.25) is 0 Å². The van der Waals surface area contributed by atoms with Crippen molar-refractivity contribution >= 4 is 56.7 Å². The summed E-state index contributed by atoms with van der Waals surface area (Å²) in [6, 6.07) is 8.48. The minimum atomic E-state index is 0. The first-order chi connectivity index (χ1) is 4.86. The standard InChI is InChI=1S/C8H8Br2.2ClH/c9-5-7-2-1-3-8(4-7)6-10;;/h1-4H,5-6H2;2*1H. The monoisotopic (exact) mass is 334 g/mol. The minimum absolute atomic E-state index is 0. The minimum Gasteiger partial charge on any atom is -0.147 e. The van der Waals surface area contributed by atoms with Crippen LogP contribution in [0.4, 0.5) is 0 Å². The molecule has 0 aromatic heterocycles. The first kappa shape index (κ1) is 15.2. The summed E-state index contributed by atoms with van der Waals surface area (Å²) in [6.45, 7) is 0. The molecule has 0 bridgehead atoms. The Balaban J connectivity index is 0. The lowest BCUT2D eigenvalue weighted by atomic mass is 10.2. The van der Waals surface area contributed by atoms with E-state index in [1.54, 1.807) is 0 Å². The summed E-state index contributed by atoms with van der Waals surface area (Å²) < 4.78 is 0. The molecule has 0 unspecified atom stereocenters. The molecule has 0 amide bonds. The zero-order valence-corrected chi connectivity index (χ0v) is 11.1. The zero-order chi connectivity index (χ0) is 7.40. The molecule has 4 heteroatoms. The molecule has 0 N–H and O–H groups in total. The van der Waals surface area contributed by atoms with Gasteiger partial charge in [0, 0.05) is 10.7 Å². The van der Waals surface area contributed by atoms with Crippen molar-refractivity contribution in [3.8, 4) is 0 Å². The molecule has 0 atom stereocenters. The van der Waals surface area contributed by atoms with Gasteiger partial charge in [0.1, 0.15) is 0 Å². The van der Waals surface area contributed by atoms with Crippen LogP contribution in [0.1, 0.15) is 11.1 Å². The third-order valence-corrected chi connectivity index (χ3v) is 2.59. The molecule has 12 heavy (non-hydrogen) atoms. The van der Waals surface area contributed by atoms with Gasteiger partial charge < -0.3 is 0 Å². The van der Waals surface area contributed by atoms with E-state index in [4.69, 9.17) is 0 Å². The highest BCUT2D eigenvalue weighted by molar-refractivity contribution is 9.08. The average Bonchev–Trinajstić information content (AvgIpc) is 2.05. The van der Waals surface area contributed by atoms with Gasteiger partial charge in [-0.2, -0.15) is 0 Å². The highest BCUT2D eigenvalue weighted by atomic mass is 79.9. The second-order valence-corrected chi connectivity index (χ2v) is 3.21. The predicted molar refractivity (Wildman–Crippen MR) is 66.2 cm³/mol. The van der Waals surface area contributed by atoms with Crippen molar-refractivity contribution in [2.24, 2.45) is 0 Å². The van der Waals surface area contributed by atoms with Gasteiger partial charge in [-0.15, -0.1) is 24.8 Å². The van der Waals surface area contributed by atoms with Crippen molar-refractivity contribution in [3.05, 3.63) is 35.4 Å². The molecule has 0 nitrogen and oxygen atoms in total. The zero-order valence-electron chi connectivity index (χ0n) is 6.30. The van der Waals surface area contributed by atoms with Crippen molar-refractivity contribution in [1.82, 2.24) is 0 Å². The fourth-order valence-electron chi connectivity index (χ4n) is 0.796. The number of rotatable bonds is 2. The van der Waals surface area contributed by atoms with E-state index in [0.29, 0.717) is 0 Å². The van der Waals surface area contributed by atoms with Crippen LogP contribution in [0.5, 0.6) is 0 Å². The van der Waals surface area contributed by atoms with E-state index in [2.05, 4.69) is 56.1 Å². The molecule has 0 saturated heterocycles. The first-order valence-corrected chi connectivity index (χ1v) is 5.31. The maximum atomic E-state index is 3.41. The van der Waals surface area contributed by atoms with E-state index in [0.717, 1.165) is 10.7 Å². The lowest BCUT2D eigenvalue weighted by Crippen LogP contribution is -1.80. The van der Waals surface area contributed by atoms with Crippen LogP contribution in [-0.4, -0.2) is 0 Å². The van der Waals surface area contributed by atoms with E-state index in [1.165, 1.54) is 11.1 Å². The Morgan fingerprint density at radius 3 is 1.67 bits per heavy atom. The van der Waals surface area contributed by atoms with Gasteiger partial charge in [-0.3, -0.25) is 0 Å². The Hall–Kier alpha value is 0.760. The lowest BCUT2D eigenvalue weighted by molar-refractivity contribution is 1.35. The topological polar surface area (TPSA) is 0 Å². The fraction of sp³-hybridized carbons (Fsp3) is 0.250. The average molecular weight is 337 g/mol.